The molecule has 0 atom stereocenters. The van der Waals surface area contributed by atoms with Gasteiger partial charge in [-0.2, -0.15) is 0 Å². The number of rotatable bonds is 4. The molecule has 0 radical (unpaired) electrons. The van der Waals surface area contributed by atoms with Gasteiger partial charge in [-0.3, -0.25) is 0 Å². The fourth-order valence-electron chi connectivity index (χ4n) is 1.67. The van der Waals surface area contributed by atoms with Crippen molar-refractivity contribution in [3.8, 4) is 11.3 Å². The van der Waals surface area contributed by atoms with E-state index in [0.29, 0.717) is 5.69 Å². The lowest BCUT2D eigenvalue weighted by atomic mass is 10.2. The van der Waals surface area contributed by atoms with E-state index in [-0.39, 0.29) is 17.3 Å². The topological polar surface area (TPSA) is 70.2 Å². The van der Waals surface area contributed by atoms with Gasteiger partial charge >= 0.3 is 0 Å². The van der Waals surface area contributed by atoms with E-state index in [2.05, 4.69) is 4.98 Å². The van der Waals surface area contributed by atoms with Crippen molar-refractivity contribution in [3.05, 3.63) is 42.6 Å². The zero-order chi connectivity index (χ0) is 12.3. The summed E-state index contributed by atoms with van der Waals surface area (Å²) in [5.74, 6) is -0.259. The van der Waals surface area contributed by atoms with Gasteiger partial charge in [0.05, 0.1) is 22.9 Å². The first-order chi connectivity index (χ1) is 8.15. The standard InChI is InChI=1S/C12H13NO3S/c14-8-9-17(15,16)11-6-7-13-12(11)10-4-2-1-3-5-10/h1-7,13-14H,8-9H2. The van der Waals surface area contributed by atoms with Crippen LogP contribution in [0, 0.1) is 0 Å². The number of aliphatic hydroxyl groups excluding tert-OH is 1. The molecule has 17 heavy (non-hydrogen) atoms. The molecule has 0 unspecified atom stereocenters. The molecule has 0 amide bonds. The van der Waals surface area contributed by atoms with Crippen molar-refractivity contribution in [1.82, 2.24) is 4.98 Å². The number of aromatic nitrogens is 1. The van der Waals surface area contributed by atoms with Gasteiger partial charge in [0, 0.05) is 6.20 Å². The Bertz CT molecular complexity index is 587. The first-order valence-electron chi connectivity index (χ1n) is 5.21. The van der Waals surface area contributed by atoms with Crippen LogP contribution in [-0.4, -0.2) is 30.9 Å². The minimum atomic E-state index is -3.43. The molecule has 2 rings (SSSR count). The Morgan fingerprint density at radius 3 is 2.47 bits per heavy atom. The maximum Gasteiger partial charge on any atom is 0.182 e. The van der Waals surface area contributed by atoms with Gasteiger partial charge in [-0.1, -0.05) is 30.3 Å². The second-order valence-corrected chi connectivity index (χ2v) is 5.70. The van der Waals surface area contributed by atoms with Gasteiger partial charge in [-0.25, -0.2) is 8.42 Å². The number of hydrogen-bond acceptors (Lipinski definition) is 3. The van der Waals surface area contributed by atoms with Gasteiger partial charge < -0.3 is 10.1 Å². The number of nitrogens with one attached hydrogen (secondary N) is 1. The lowest BCUT2D eigenvalue weighted by Crippen LogP contribution is -2.10. The van der Waals surface area contributed by atoms with Crippen molar-refractivity contribution < 1.29 is 13.5 Å². The van der Waals surface area contributed by atoms with E-state index in [0.717, 1.165) is 5.56 Å². The summed E-state index contributed by atoms with van der Waals surface area (Å²) in [6.07, 6.45) is 1.59. The van der Waals surface area contributed by atoms with Crippen LogP contribution in [0.5, 0.6) is 0 Å². The molecule has 0 aliphatic heterocycles. The Morgan fingerprint density at radius 1 is 1.12 bits per heavy atom. The van der Waals surface area contributed by atoms with Gasteiger partial charge in [0.25, 0.3) is 0 Å². The summed E-state index contributed by atoms with van der Waals surface area (Å²) in [7, 11) is -3.43. The van der Waals surface area contributed by atoms with Crippen LogP contribution in [0.1, 0.15) is 0 Å². The van der Waals surface area contributed by atoms with Crippen LogP contribution in [-0.2, 0) is 9.84 Å². The van der Waals surface area contributed by atoms with Gasteiger partial charge in [0.1, 0.15) is 0 Å². The smallest absolute Gasteiger partial charge is 0.182 e. The molecule has 0 fully saturated rings. The van der Waals surface area contributed by atoms with Crippen LogP contribution in [0.15, 0.2) is 47.5 Å². The molecule has 4 nitrogen and oxygen atoms in total. The summed E-state index contributed by atoms with van der Waals surface area (Å²) in [6, 6.07) is 10.8. The zero-order valence-electron chi connectivity index (χ0n) is 9.13. The highest BCUT2D eigenvalue weighted by atomic mass is 32.2. The van der Waals surface area contributed by atoms with E-state index in [1.165, 1.54) is 6.07 Å². The average molecular weight is 251 g/mol. The second-order valence-electron chi connectivity index (χ2n) is 3.63. The molecule has 2 aromatic rings. The summed E-state index contributed by atoms with van der Waals surface area (Å²) in [6.45, 7) is -0.373. The fraction of sp³-hybridized carbons (Fsp3) is 0.167. The van der Waals surface area contributed by atoms with Crippen LogP contribution in [0.3, 0.4) is 0 Å². The van der Waals surface area contributed by atoms with Gasteiger partial charge in [0.2, 0.25) is 0 Å². The highest BCUT2D eigenvalue weighted by Crippen LogP contribution is 2.26. The second kappa shape index (κ2) is 4.73. The summed E-state index contributed by atoms with van der Waals surface area (Å²) in [5.41, 5.74) is 1.38. The Hall–Kier alpha value is -1.59. The average Bonchev–Trinajstić information content (AvgIpc) is 2.79. The van der Waals surface area contributed by atoms with Crippen molar-refractivity contribution >= 4 is 9.84 Å². The Labute approximate surface area is 99.8 Å². The number of aromatic amines is 1. The largest absolute Gasteiger partial charge is 0.395 e. The molecule has 0 saturated carbocycles. The van der Waals surface area contributed by atoms with Crippen molar-refractivity contribution in [2.45, 2.75) is 4.90 Å². The third kappa shape index (κ3) is 2.40. The van der Waals surface area contributed by atoms with Crippen molar-refractivity contribution in [1.29, 1.82) is 0 Å². The Balaban J connectivity index is 2.50. The molecule has 1 heterocycles. The van der Waals surface area contributed by atoms with Crippen molar-refractivity contribution in [3.63, 3.8) is 0 Å². The quantitative estimate of drug-likeness (QED) is 0.864. The lowest BCUT2D eigenvalue weighted by molar-refractivity contribution is 0.319. The maximum atomic E-state index is 11.9. The van der Waals surface area contributed by atoms with Crippen molar-refractivity contribution in [2.24, 2.45) is 0 Å². The summed E-state index contributed by atoms with van der Waals surface area (Å²) in [4.78, 5) is 3.16. The summed E-state index contributed by atoms with van der Waals surface area (Å²) < 4.78 is 23.8. The van der Waals surface area contributed by atoms with Crippen LogP contribution in [0.4, 0.5) is 0 Å². The lowest BCUT2D eigenvalue weighted by Gasteiger charge is -2.04. The summed E-state index contributed by atoms with van der Waals surface area (Å²) >= 11 is 0. The molecule has 90 valence electrons. The number of aliphatic hydroxyl groups is 1. The van der Waals surface area contributed by atoms with E-state index in [1.54, 1.807) is 6.20 Å². The molecule has 0 saturated heterocycles. The molecule has 0 spiro atoms. The predicted molar refractivity (Wildman–Crippen MR) is 65.4 cm³/mol. The first kappa shape index (κ1) is 11.9. The van der Waals surface area contributed by atoms with E-state index in [9.17, 15) is 8.42 Å². The molecular formula is C12H13NO3S. The number of benzene rings is 1. The Kier molecular flexibility index (Phi) is 3.31. The third-order valence-corrected chi connectivity index (χ3v) is 4.20. The van der Waals surface area contributed by atoms with Gasteiger partial charge in [0.15, 0.2) is 9.84 Å². The normalized spacial score (nSPS) is 11.6. The highest BCUT2D eigenvalue weighted by molar-refractivity contribution is 7.91. The first-order valence-corrected chi connectivity index (χ1v) is 6.87. The van der Waals surface area contributed by atoms with Gasteiger partial charge in [-0.15, -0.1) is 0 Å². The molecule has 2 N–H and O–H groups in total. The van der Waals surface area contributed by atoms with E-state index >= 15 is 0 Å². The van der Waals surface area contributed by atoms with E-state index < -0.39 is 9.84 Å². The SMILES string of the molecule is O=S(=O)(CCO)c1cc[nH]c1-c1ccccc1. The minimum Gasteiger partial charge on any atom is -0.395 e. The maximum absolute atomic E-state index is 11.9. The van der Waals surface area contributed by atoms with Gasteiger partial charge in [-0.05, 0) is 11.6 Å². The molecule has 1 aromatic heterocycles. The van der Waals surface area contributed by atoms with Crippen LogP contribution in [0.25, 0.3) is 11.3 Å². The fourth-order valence-corrected chi connectivity index (χ4v) is 2.90. The predicted octanol–water partition coefficient (Wildman–Crippen LogP) is 1.45. The van der Waals surface area contributed by atoms with Crippen LogP contribution < -0.4 is 0 Å². The van der Waals surface area contributed by atoms with Crippen molar-refractivity contribution in [2.75, 3.05) is 12.4 Å². The molecule has 1 aromatic carbocycles. The molecule has 0 aliphatic carbocycles. The monoisotopic (exact) mass is 251 g/mol. The molecular weight excluding hydrogens is 238 g/mol. The van der Waals surface area contributed by atoms with Crippen LogP contribution in [0.2, 0.25) is 0 Å². The molecule has 0 bridgehead atoms. The third-order valence-electron chi connectivity index (χ3n) is 2.47. The number of H-pyrrole nitrogens is 1. The van der Waals surface area contributed by atoms with E-state index in [4.69, 9.17) is 5.11 Å². The molecule has 0 aliphatic rings. The Morgan fingerprint density at radius 2 is 1.82 bits per heavy atom. The molecule has 5 heteroatoms. The van der Waals surface area contributed by atoms with Crippen LogP contribution >= 0.6 is 0 Å². The summed E-state index contributed by atoms with van der Waals surface area (Å²) in [5, 5.41) is 8.77. The van der Waals surface area contributed by atoms with E-state index in [1.807, 2.05) is 30.3 Å². The highest BCUT2D eigenvalue weighted by Gasteiger charge is 2.19. The zero-order valence-corrected chi connectivity index (χ0v) is 9.94. The minimum absolute atomic E-state index is 0.234. The number of hydrogen-bond donors (Lipinski definition) is 2. The number of sulfone groups is 1.